The third kappa shape index (κ3) is 4.57. The molecule has 2 aromatic carbocycles. The number of thiocarbonyl (C=S) groups is 1. The van der Waals surface area contributed by atoms with Crippen molar-refractivity contribution >= 4 is 23.0 Å². The van der Waals surface area contributed by atoms with E-state index < -0.39 is 0 Å². The Labute approximate surface area is 128 Å². The Morgan fingerprint density at radius 3 is 2.38 bits per heavy atom. The molecule has 2 rings (SSSR count). The van der Waals surface area contributed by atoms with Gasteiger partial charge in [-0.2, -0.15) is 0 Å². The van der Waals surface area contributed by atoms with E-state index in [4.69, 9.17) is 12.2 Å². The van der Waals surface area contributed by atoms with Crippen LogP contribution >= 0.6 is 12.2 Å². The summed E-state index contributed by atoms with van der Waals surface area (Å²) in [6.45, 7) is 4.39. The van der Waals surface area contributed by atoms with Gasteiger partial charge in [0.15, 0.2) is 5.11 Å². The molecule has 0 atom stereocenters. The summed E-state index contributed by atoms with van der Waals surface area (Å²) in [6.07, 6.45) is 0. The van der Waals surface area contributed by atoms with Crippen molar-refractivity contribution < 1.29 is 4.39 Å². The molecule has 2 aromatic rings. The molecule has 108 valence electrons. The van der Waals surface area contributed by atoms with Gasteiger partial charge in [-0.15, -0.1) is 0 Å². The molecule has 0 saturated heterocycles. The van der Waals surface area contributed by atoms with E-state index in [2.05, 4.69) is 22.7 Å². The van der Waals surface area contributed by atoms with Gasteiger partial charge in [0, 0.05) is 12.1 Å². The first-order valence-corrected chi connectivity index (χ1v) is 6.85. The van der Waals surface area contributed by atoms with Gasteiger partial charge in [0.2, 0.25) is 0 Å². The number of hydrogen-bond donors (Lipinski definition) is 3. The Kier molecular flexibility index (Phi) is 5.29. The molecule has 0 aliphatic heterocycles. The van der Waals surface area contributed by atoms with Crippen LogP contribution in [0, 0.1) is 5.82 Å². The van der Waals surface area contributed by atoms with Crippen LogP contribution in [0.25, 0.3) is 5.70 Å². The smallest absolute Gasteiger partial charge is 0.185 e. The first-order valence-electron chi connectivity index (χ1n) is 6.44. The first-order chi connectivity index (χ1) is 10.2. The minimum Gasteiger partial charge on any atom is -0.357 e. The van der Waals surface area contributed by atoms with Gasteiger partial charge in [0.1, 0.15) is 5.82 Å². The van der Waals surface area contributed by atoms with Gasteiger partial charge in [0.25, 0.3) is 0 Å². The molecule has 0 saturated carbocycles. The lowest BCUT2D eigenvalue weighted by Gasteiger charge is -2.14. The van der Waals surface area contributed by atoms with Crippen molar-refractivity contribution in [2.45, 2.75) is 6.54 Å². The Balaban J connectivity index is 1.79. The summed E-state index contributed by atoms with van der Waals surface area (Å²) in [4.78, 5) is 0. The average molecular weight is 301 g/mol. The van der Waals surface area contributed by atoms with Gasteiger partial charge in [-0.1, -0.05) is 49.0 Å². The highest BCUT2D eigenvalue weighted by molar-refractivity contribution is 7.80. The Morgan fingerprint density at radius 1 is 1.00 bits per heavy atom. The van der Waals surface area contributed by atoms with Crippen LogP contribution < -0.4 is 16.2 Å². The topological polar surface area (TPSA) is 36.1 Å². The van der Waals surface area contributed by atoms with Crippen LogP contribution in [0.2, 0.25) is 0 Å². The van der Waals surface area contributed by atoms with Crippen molar-refractivity contribution in [2.75, 3.05) is 0 Å². The SMILES string of the molecule is C=C(NNC(=S)NCc1ccccc1)c1ccccc1F. The Hall–Kier alpha value is -2.40. The predicted octanol–water partition coefficient (Wildman–Crippen LogP) is 2.97. The molecule has 0 bridgehead atoms. The summed E-state index contributed by atoms with van der Waals surface area (Å²) >= 11 is 5.13. The van der Waals surface area contributed by atoms with Gasteiger partial charge >= 0.3 is 0 Å². The molecule has 21 heavy (non-hydrogen) atoms. The molecule has 0 aliphatic carbocycles. The van der Waals surface area contributed by atoms with Crippen LogP contribution in [0.1, 0.15) is 11.1 Å². The van der Waals surface area contributed by atoms with Crippen molar-refractivity contribution in [2.24, 2.45) is 0 Å². The molecule has 0 fully saturated rings. The number of halogens is 1. The molecule has 3 nitrogen and oxygen atoms in total. The lowest BCUT2D eigenvalue weighted by atomic mass is 10.2. The maximum absolute atomic E-state index is 13.6. The molecule has 0 amide bonds. The van der Waals surface area contributed by atoms with E-state index in [1.165, 1.54) is 6.07 Å². The summed E-state index contributed by atoms with van der Waals surface area (Å²) in [5.41, 5.74) is 7.50. The Morgan fingerprint density at radius 2 is 1.67 bits per heavy atom. The summed E-state index contributed by atoms with van der Waals surface area (Å²) in [6, 6.07) is 16.3. The number of hydrazine groups is 1. The van der Waals surface area contributed by atoms with Gasteiger partial charge < -0.3 is 5.32 Å². The minimum absolute atomic E-state index is 0.333. The molecule has 0 heterocycles. The second-order valence-electron chi connectivity index (χ2n) is 4.38. The number of nitrogens with one attached hydrogen (secondary N) is 3. The van der Waals surface area contributed by atoms with Crippen LogP contribution in [-0.4, -0.2) is 5.11 Å². The third-order valence-corrected chi connectivity index (χ3v) is 3.07. The highest BCUT2D eigenvalue weighted by Crippen LogP contribution is 2.12. The van der Waals surface area contributed by atoms with Gasteiger partial charge in [0.05, 0.1) is 5.70 Å². The average Bonchev–Trinajstić information content (AvgIpc) is 2.52. The van der Waals surface area contributed by atoms with Crippen molar-refractivity contribution in [1.82, 2.24) is 16.2 Å². The Bertz CT molecular complexity index is 628. The molecular weight excluding hydrogens is 285 g/mol. The van der Waals surface area contributed by atoms with Crippen LogP contribution in [0.4, 0.5) is 4.39 Å². The maximum atomic E-state index is 13.6. The van der Waals surface area contributed by atoms with Gasteiger partial charge in [-0.3, -0.25) is 10.9 Å². The second kappa shape index (κ2) is 7.40. The fraction of sp³-hybridized carbons (Fsp3) is 0.0625. The first kappa shape index (κ1) is 15.0. The molecule has 0 aliphatic rings. The molecular formula is C16H16FN3S. The van der Waals surface area contributed by atoms with E-state index in [-0.39, 0.29) is 5.82 Å². The van der Waals surface area contributed by atoms with Crippen LogP contribution in [0.5, 0.6) is 0 Å². The maximum Gasteiger partial charge on any atom is 0.185 e. The van der Waals surface area contributed by atoms with Crippen molar-refractivity contribution in [1.29, 1.82) is 0 Å². The van der Waals surface area contributed by atoms with E-state index in [1.807, 2.05) is 30.3 Å². The zero-order valence-electron chi connectivity index (χ0n) is 11.4. The summed E-state index contributed by atoms with van der Waals surface area (Å²) in [7, 11) is 0. The van der Waals surface area contributed by atoms with E-state index in [0.29, 0.717) is 22.9 Å². The number of hydrogen-bond acceptors (Lipinski definition) is 2. The normalized spacial score (nSPS) is 9.76. The molecule has 5 heteroatoms. The van der Waals surface area contributed by atoms with Gasteiger partial charge in [-0.05, 0) is 29.9 Å². The van der Waals surface area contributed by atoms with Crippen LogP contribution in [-0.2, 0) is 6.54 Å². The van der Waals surface area contributed by atoms with Gasteiger partial charge in [-0.25, -0.2) is 4.39 Å². The third-order valence-electron chi connectivity index (χ3n) is 2.82. The molecule has 3 N–H and O–H groups in total. The molecule has 0 aromatic heterocycles. The summed E-state index contributed by atoms with van der Waals surface area (Å²) in [5.74, 6) is -0.333. The zero-order chi connectivity index (χ0) is 15.1. The lowest BCUT2D eigenvalue weighted by molar-refractivity contribution is 0.621. The monoisotopic (exact) mass is 301 g/mol. The molecule has 0 unspecified atom stereocenters. The summed E-state index contributed by atoms with van der Waals surface area (Å²) in [5, 5.41) is 3.46. The van der Waals surface area contributed by atoms with Crippen molar-refractivity contribution in [3.63, 3.8) is 0 Å². The van der Waals surface area contributed by atoms with Crippen LogP contribution in [0.3, 0.4) is 0 Å². The molecule has 0 spiro atoms. The van der Waals surface area contributed by atoms with E-state index in [1.54, 1.807) is 18.2 Å². The van der Waals surface area contributed by atoms with Crippen molar-refractivity contribution in [3.05, 3.63) is 78.1 Å². The summed E-state index contributed by atoms with van der Waals surface area (Å²) < 4.78 is 13.6. The largest absolute Gasteiger partial charge is 0.357 e. The van der Waals surface area contributed by atoms with E-state index in [9.17, 15) is 4.39 Å². The second-order valence-corrected chi connectivity index (χ2v) is 4.78. The highest BCUT2D eigenvalue weighted by Gasteiger charge is 2.04. The number of rotatable bonds is 5. The van der Waals surface area contributed by atoms with Crippen molar-refractivity contribution in [3.8, 4) is 0 Å². The van der Waals surface area contributed by atoms with E-state index in [0.717, 1.165) is 5.56 Å². The predicted molar refractivity (Wildman–Crippen MR) is 87.6 cm³/mol. The van der Waals surface area contributed by atoms with E-state index >= 15 is 0 Å². The standard InChI is InChI=1S/C16H16FN3S/c1-12(14-9-5-6-10-15(14)17)19-20-16(21)18-11-13-7-3-2-4-8-13/h2-10,19H,1,11H2,(H2,18,20,21). The quantitative estimate of drug-likeness (QED) is 0.586. The minimum atomic E-state index is -0.333. The lowest BCUT2D eigenvalue weighted by Crippen LogP contribution is -2.42. The number of benzene rings is 2. The fourth-order valence-electron chi connectivity index (χ4n) is 1.73. The fourth-order valence-corrected chi connectivity index (χ4v) is 1.85. The highest BCUT2D eigenvalue weighted by atomic mass is 32.1. The molecule has 0 radical (unpaired) electrons. The van der Waals surface area contributed by atoms with Crippen LogP contribution in [0.15, 0.2) is 61.2 Å². The zero-order valence-corrected chi connectivity index (χ0v) is 12.2.